The fraction of sp³-hybridized carbons (Fsp3) is 0.343. The molecule has 5 heterocycles. The Morgan fingerprint density at radius 2 is 1.90 bits per heavy atom. The van der Waals surface area contributed by atoms with Gasteiger partial charge < -0.3 is 15.2 Å². The first kappa shape index (κ1) is 31.3. The topological polar surface area (TPSA) is 151 Å². The van der Waals surface area contributed by atoms with Crippen LogP contribution in [-0.2, 0) is 28.0 Å². The molecule has 1 atom stereocenters. The minimum atomic E-state index is -1.64. The van der Waals surface area contributed by atoms with Crippen molar-refractivity contribution in [1.82, 2.24) is 29.7 Å². The van der Waals surface area contributed by atoms with E-state index in [1.165, 1.54) is 29.6 Å². The normalized spacial score (nSPS) is 19.5. The van der Waals surface area contributed by atoms with E-state index in [2.05, 4.69) is 15.0 Å². The first-order valence-electron chi connectivity index (χ1n) is 16.2. The van der Waals surface area contributed by atoms with Crippen LogP contribution < -0.4 is 15.4 Å². The van der Waals surface area contributed by atoms with Crippen LogP contribution in [0.3, 0.4) is 0 Å². The smallest absolute Gasteiger partial charge is 0.300 e. The third-order valence-corrected chi connectivity index (χ3v) is 9.62. The van der Waals surface area contributed by atoms with E-state index in [1.54, 1.807) is 38.2 Å². The predicted molar refractivity (Wildman–Crippen MR) is 177 cm³/mol. The molecule has 2 amide bonds. The van der Waals surface area contributed by atoms with Crippen LogP contribution in [0.1, 0.15) is 67.1 Å². The number of hydrogen-bond donors (Lipinski definition) is 1. The summed E-state index contributed by atoms with van der Waals surface area (Å²) in [6.07, 6.45) is 10.0. The highest BCUT2D eigenvalue weighted by atomic mass is 35.5. The number of amides is 2. The number of hydrogen-bond acceptors (Lipinski definition) is 9. The van der Waals surface area contributed by atoms with Crippen molar-refractivity contribution >= 4 is 40.1 Å². The van der Waals surface area contributed by atoms with E-state index < -0.39 is 29.0 Å². The second-order valence-corrected chi connectivity index (χ2v) is 13.3. The van der Waals surface area contributed by atoms with Gasteiger partial charge in [-0.1, -0.05) is 17.7 Å². The second kappa shape index (κ2) is 11.6. The highest BCUT2D eigenvalue weighted by Crippen LogP contribution is 2.51. The number of anilines is 1. The number of pyridine rings is 2. The van der Waals surface area contributed by atoms with E-state index in [4.69, 9.17) is 36.9 Å². The number of nitrogens with zero attached hydrogens (tertiary/aromatic N) is 7. The van der Waals surface area contributed by atoms with Crippen molar-refractivity contribution in [3.8, 4) is 16.9 Å². The number of carbonyl (C=O) groups excluding carboxylic acids is 2. The Morgan fingerprint density at radius 3 is 2.55 bits per heavy atom. The number of ether oxygens (including phenoxy) is 2. The van der Waals surface area contributed by atoms with Crippen LogP contribution >= 0.6 is 11.6 Å². The molecule has 8 rings (SSSR count). The maximum Gasteiger partial charge on any atom is 0.300 e. The molecule has 0 bridgehead atoms. The van der Waals surface area contributed by atoms with Crippen LogP contribution in [0, 0.1) is 11.7 Å². The molecule has 4 aromatic heterocycles. The first-order valence-corrected chi connectivity index (χ1v) is 16.6. The van der Waals surface area contributed by atoms with Gasteiger partial charge in [-0.05, 0) is 74.8 Å². The van der Waals surface area contributed by atoms with E-state index in [0.29, 0.717) is 73.7 Å². The molecule has 5 aromatic rings. The molecule has 2 N–H and O–H groups in total. The second-order valence-electron chi connectivity index (χ2n) is 12.9. The highest BCUT2D eigenvalue weighted by molar-refractivity contribution is 6.30. The van der Waals surface area contributed by atoms with Crippen LogP contribution in [-0.4, -0.2) is 53.9 Å². The molecule has 0 saturated heterocycles. The van der Waals surface area contributed by atoms with Crippen LogP contribution in [0.2, 0.25) is 5.02 Å². The zero-order chi connectivity index (χ0) is 34.1. The summed E-state index contributed by atoms with van der Waals surface area (Å²) in [4.78, 5) is 46.7. The Labute approximate surface area is 285 Å². The number of carbonyl (C=O) groups is 2. The molecule has 2 saturated carbocycles. The molecule has 2 fully saturated rings. The van der Waals surface area contributed by atoms with E-state index in [0.717, 1.165) is 25.7 Å². The van der Waals surface area contributed by atoms with Gasteiger partial charge in [0.05, 0.1) is 46.6 Å². The van der Waals surface area contributed by atoms with Gasteiger partial charge in [-0.25, -0.2) is 24.0 Å². The van der Waals surface area contributed by atoms with Gasteiger partial charge >= 0.3 is 0 Å². The summed E-state index contributed by atoms with van der Waals surface area (Å²) < 4.78 is 27.8. The number of halogens is 2. The van der Waals surface area contributed by atoms with Crippen LogP contribution in [0.5, 0.6) is 5.75 Å². The molecule has 3 aliphatic rings. The van der Waals surface area contributed by atoms with Gasteiger partial charge in [-0.3, -0.25) is 19.5 Å². The molecule has 0 radical (unpaired) electrons. The number of aromatic nitrogens is 6. The monoisotopic (exact) mass is 682 g/mol. The first-order chi connectivity index (χ1) is 23.6. The zero-order valence-electron chi connectivity index (χ0n) is 26.8. The molecular weight excluding hydrogens is 651 g/mol. The van der Waals surface area contributed by atoms with Crippen molar-refractivity contribution in [2.24, 2.45) is 11.7 Å². The van der Waals surface area contributed by atoms with E-state index >= 15 is 0 Å². The van der Waals surface area contributed by atoms with Gasteiger partial charge in [0, 0.05) is 36.9 Å². The lowest BCUT2D eigenvalue weighted by molar-refractivity contribution is -0.187. The molecule has 1 aliphatic heterocycles. The van der Waals surface area contributed by atoms with Gasteiger partial charge in [-0.2, -0.15) is 5.10 Å². The van der Waals surface area contributed by atoms with E-state index in [1.807, 2.05) is 10.7 Å². The minimum Gasteiger partial charge on any atom is -0.451 e. The molecule has 0 spiro atoms. The minimum absolute atomic E-state index is 0.0399. The number of fused-ring (bicyclic) bond motifs is 2. The lowest BCUT2D eigenvalue weighted by Crippen LogP contribution is -2.55. The number of nitrogens with two attached hydrogens (primary N) is 1. The van der Waals surface area contributed by atoms with Crippen LogP contribution in [0.25, 0.3) is 22.2 Å². The fourth-order valence-corrected chi connectivity index (χ4v) is 6.82. The summed E-state index contributed by atoms with van der Waals surface area (Å²) in [5.41, 5.74) is 9.38. The lowest BCUT2D eigenvalue weighted by atomic mass is 9.93. The fourth-order valence-electron chi connectivity index (χ4n) is 6.72. The molecule has 14 heteroatoms. The van der Waals surface area contributed by atoms with Crippen LogP contribution in [0.15, 0.2) is 55.1 Å². The Morgan fingerprint density at radius 1 is 1.12 bits per heavy atom. The lowest BCUT2D eigenvalue weighted by Gasteiger charge is -2.40. The summed E-state index contributed by atoms with van der Waals surface area (Å²) in [6, 6.07) is 8.44. The number of primary amides is 1. The van der Waals surface area contributed by atoms with E-state index in [9.17, 15) is 14.0 Å². The average molecular weight is 683 g/mol. The maximum absolute atomic E-state index is 13.8. The summed E-state index contributed by atoms with van der Waals surface area (Å²) in [7, 11) is 0. The Bertz CT molecular complexity index is 2130. The van der Waals surface area contributed by atoms with Crippen molar-refractivity contribution in [2.75, 3.05) is 11.5 Å². The standard InChI is InChI=1S/C35H32ClFN8O4/c1-3-48-34(2)33(47)44(18-28-40-14-21(36)15-41-28)25-8-6-20(13-26(25)49-34)29-23-17-42-45(35(10-11-35)27-9-7-22(37)16-39-27)32(23)43-24(12-19-4-5-19)30(29)31(38)46/h6-9,13-17,19H,3-5,10-12,18H2,1-2H3,(H2,38,46). The Balaban J connectivity index is 1.30. The summed E-state index contributed by atoms with van der Waals surface area (Å²) >= 11 is 6.01. The third-order valence-electron chi connectivity index (χ3n) is 9.42. The largest absolute Gasteiger partial charge is 0.451 e. The van der Waals surface area contributed by atoms with Crippen molar-refractivity contribution in [2.45, 2.75) is 63.8 Å². The van der Waals surface area contributed by atoms with Gasteiger partial charge in [0.15, 0.2) is 5.65 Å². The number of benzene rings is 1. The summed E-state index contributed by atoms with van der Waals surface area (Å²) in [5.74, 6) is -1.96. The van der Waals surface area contributed by atoms with Crippen molar-refractivity contribution in [1.29, 1.82) is 0 Å². The quantitative estimate of drug-likeness (QED) is 0.206. The molecule has 49 heavy (non-hydrogen) atoms. The third kappa shape index (κ3) is 5.37. The molecule has 2 aliphatic carbocycles. The van der Waals surface area contributed by atoms with Crippen molar-refractivity contribution in [3.63, 3.8) is 0 Å². The zero-order valence-corrected chi connectivity index (χ0v) is 27.6. The molecule has 1 aromatic carbocycles. The average Bonchev–Trinajstić information content (AvgIpc) is 4.02. The summed E-state index contributed by atoms with van der Waals surface area (Å²) in [6.45, 7) is 3.60. The SMILES string of the molecule is CCOC1(C)Oc2cc(-c3c(C(N)=O)c(CC4CC4)nc4c3cnn4C3(c4ccc(F)cn4)CC3)ccc2N(Cc2ncc(Cl)cn2)C1=O. The summed E-state index contributed by atoms with van der Waals surface area (Å²) in [5, 5.41) is 5.80. The Hall–Kier alpha value is -5.01. The maximum atomic E-state index is 13.8. The van der Waals surface area contributed by atoms with Gasteiger partial charge in [-0.15, -0.1) is 0 Å². The van der Waals surface area contributed by atoms with E-state index in [-0.39, 0.29) is 13.2 Å². The van der Waals surface area contributed by atoms with Gasteiger partial charge in [0.1, 0.15) is 22.9 Å². The Kier molecular flexibility index (Phi) is 7.37. The van der Waals surface area contributed by atoms with Crippen molar-refractivity contribution in [3.05, 3.63) is 88.7 Å². The van der Waals surface area contributed by atoms with Crippen molar-refractivity contribution < 1.29 is 23.5 Å². The predicted octanol–water partition coefficient (Wildman–Crippen LogP) is 5.34. The molecule has 1 unspecified atom stereocenters. The molecule has 250 valence electrons. The van der Waals surface area contributed by atoms with Crippen LogP contribution in [0.4, 0.5) is 10.1 Å². The molecular formula is C35H32ClFN8O4. The molecule has 12 nitrogen and oxygen atoms in total. The van der Waals surface area contributed by atoms with Gasteiger partial charge in [0.25, 0.3) is 17.6 Å². The van der Waals surface area contributed by atoms with Gasteiger partial charge in [0.2, 0.25) is 0 Å². The highest BCUT2D eigenvalue weighted by Gasteiger charge is 2.50. The number of rotatable bonds is 10.